The Bertz CT molecular complexity index is 1190. The number of carboxylic acids is 1. The Morgan fingerprint density at radius 3 is 2.45 bits per heavy atom. The highest BCUT2D eigenvalue weighted by Crippen LogP contribution is 2.23. The number of piperidine rings is 1. The molecule has 1 fully saturated rings. The Morgan fingerprint density at radius 2 is 1.82 bits per heavy atom. The topological polar surface area (TPSA) is 137 Å². The molecule has 33 heavy (non-hydrogen) atoms. The van der Waals surface area contributed by atoms with Crippen LogP contribution in [0.25, 0.3) is 6.08 Å². The Hall–Kier alpha value is -3.68. The van der Waals surface area contributed by atoms with Crippen molar-refractivity contribution in [1.82, 2.24) is 4.31 Å². The van der Waals surface area contributed by atoms with E-state index in [4.69, 9.17) is 9.84 Å². The molecule has 0 aliphatic carbocycles. The summed E-state index contributed by atoms with van der Waals surface area (Å²) in [7, 11) is -3.66. The van der Waals surface area contributed by atoms with Gasteiger partial charge in [-0.15, -0.1) is 0 Å². The van der Waals surface area contributed by atoms with E-state index >= 15 is 0 Å². The molecule has 0 radical (unpaired) electrons. The Labute approximate surface area is 192 Å². The molecule has 172 valence electrons. The highest BCUT2D eigenvalue weighted by Gasteiger charge is 2.26. The summed E-state index contributed by atoms with van der Waals surface area (Å²) in [6.07, 6.45) is 4.01. The van der Waals surface area contributed by atoms with Crippen LogP contribution in [0, 0.1) is 11.3 Å². The Morgan fingerprint density at radius 1 is 1.12 bits per heavy atom. The fourth-order valence-electron chi connectivity index (χ4n) is 3.31. The molecule has 1 saturated heterocycles. The van der Waals surface area contributed by atoms with Gasteiger partial charge in [0.1, 0.15) is 17.4 Å². The number of hydrogen-bond donors (Lipinski definition) is 2. The molecule has 1 amide bonds. The number of carboxylic acid groups (broad SMARTS) is 1. The van der Waals surface area contributed by atoms with Crippen molar-refractivity contribution < 1.29 is 27.9 Å². The number of benzene rings is 2. The van der Waals surface area contributed by atoms with Crippen molar-refractivity contribution >= 4 is 33.7 Å². The zero-order valence-corrected chi connectivity index (χ0v) is 18.5. The average Bonchev–Trinajstić information content (AvgIpc) is 2.82. The number of ether oxygens (including phenoxy) is 1. The molecule has 0 atom stereocenters. The molecular formula is C23H23N3O6S. The van der Waals surface area contributed by atoms with Gasteiger partial charge in [-0.05, 0) is 54.8 Å². The lowest BCUT2D eigenvalue weighted by Gasteiger charge is -2.26. The molecule has 10 heteroatoms. The Balaban J connectivity index is 1.72. The lowest BCUT2D eigenvalue weighted by molar-refractivity contribution is -0.139. The van der Waals surface area contributed by atoms with Gasteiger partial charge in [-0.1, -0.05) is 24.6 Å². The van der Waals surface area contributed by atoms with Gasteiger partial charge in [0.05, 0.1) is 4.90 Å². The number of rotatable bonds is 8. The van der Waals surface area contributed by atoms with Crippen molar-refractivity contribution in [3.63, 3.8) is 0 Å². The number of carbonyl (C=O) groups excluding carboxylic acids is 1. The summed E-state index contributed by atoms with van der Waals surface area (Å²) >= 11 is 0. The lowest BCUT2D eigenvalue weighted by atomic mass is 10.1. The molecule has 1 aliphatic rings. The number of sulfonamides is 1. The molecular weight excluding hydrogens is 446 g/mol. The summed E-state index contributed by atoms with van der Waals surface area (Å²) in [4.78, 5) is 23.2. The van der Waals surface area contributed by atoms with E-state index in [-0.39, 0.29) is 16.2 Å². The highest BCUT2D eigenvalue weighted by molar-refractivity contribution is 7.89. The number of amides is 1. The zero-order chi connectivity index (χ0) is 23.8. The second-order valence-corrected chi connectivity index (χ2v) is 9.31. The van der Waals surface area contributed by atoms with Crippen LogP contribution < -0.4 is 10.1 Å². The first-order valence-corrected chi connectivity index (χ1v) is 11.7. The number of anilines is 1. The van der Waals surface area contributed by atoms with Gasteiger partial charge in [0.2, 0.25) is 10.0 Å². The minimum absolute atomic E-state index is 0.0848. The number of aliphatic carboxylic acids is 1. The van der Waals surface area contributed by atoms with Gasteiger partial charge in [-0.2, -0.15) is 9.57 Å². The molecule has 2 aromatic rings. The van der Waals surface area contributed by atoms with E-state index in [1.807, 2.05) is 6.07 Å². The summed E-state index contributed by atoms with van der Waals surface area (Å²) in [6, 6.07) is 14.0. The van der Waals surface area contributed by atoms with Gasteiger partial charge in [0.15, 0.2) is 6.61 Å². The van der Waals surface area contributed by atoms with E-state index in [9.17, 15) is 23.3 Å². The smallest absolute Gasteiger partial charge is 0.341 e. The van der Waals surface area contributed by atoms with Crippen LogP contribution in [-0.4, -0.2) is 49.4 Å². The molecule has 3 rings (SSSR count). The number of nitriles is 1. The van der Waals surface area contributed by atoms with Crippen molar-refractivity contribution in [3.05, 3.63) is 59.7 Å². The van der Waals surface area contributed by atoms with Crippen LogP contribution in [0.4, 0.5) is 5.69 Å². The molecule has 0 saturated carbocycles. The monoisotopic (exact) mass is 469 g/mol. The second-order valence-electron chi connectivity index (χ2n) is 7.37. The first-order valence-electron chi connectivity index (χ1n) is 10.3. The van der Waals surface area contributed by atoms with Crippen molar-refractivity contribution in [1.29, 1.82) is 5.26 Å². The van der Waals surface area contributed by atoms with Crippen LogP contribution in [-0.2, 0) is 19.6 Å². The third-order valence-electron chi connectivity index (χ3n) is 4.96. The molecule has 2 N–H and O–H groups in total. The summed E-state index contributed by atoms with van der Waals surface area (Å²) in [6.45, 7) is 0.467. The fourth-order valence-corrected chi connectivity index (χ4v) is 4.87. The predicted molar refractivity (Wildman–Crippen MR) is 121 cm³/mol. The number of nitrogens with one attached hydrogen (secondary N) is 1. The molecule has 0 aromatic heterocycles. The van der Waals surface area contributed by atoms with Crippen LogP contribution in [0.2, 0.25) is 0 Å². The third-order valence-corrected chi connectivity index (χ3v) is 6.86. The predicted octanol–water partition coefficient (Wildman–Crippen LogP) is 2.87. The molecule has 1 aliphatic heterocycles. The van der Waals surface area contributed by atoms with Crippen molar-refractivity contribution in [2.45, 2.75) is 24.2 Å². The lowest BCUT2D eigenvalue weighted by Crippen LogP contribution is -2.35. The summed E-state index contributed by atoms with van der Waals surface area (Å²) < 4.78 is 32.2. The van der Waals surface area contributed by atoms with E-state index < -0.39 is 28.5 Å². The summed E-state index contributed by atoms with van der Waals surface area (Å²) in [5.74, 6) is -1.45. The molecule has 2 aromatic carbocycles. The molecule has 0 spiro atoms. The van der Waals surface area contributed by atoms with E-state index in [0.29, 0.717) is 24.4 Å². The van der Waals surface area contributed by atoms with E-state index in [1.165, 1.54) is 40.7 Å². The van der Waals surface area contributed by atoms with Gasteiger partial charge < -0.3 is 15.2 Å². The minimum Gasteiger partial charge on any atom is -0.482 e. The van der Waals surface area contributed by atoms with E-state index in [1.54, 1.807) is 18.2 Å². The van der Waals surface area contributed by atoms with Gasteiger partial charge in [-0.25, -0.2) is 13.2 Å². The number of carbonyl (C=O) groups is 2. The number of hydrogen-bond acceptors (Lipinski definition) is 6. The highest BCUT2D eigenvalue weighted by atomic mass is 32.2. The first kappa shape index (κ1) is 24.0. The summed E-state index contributed by atoms with van der Waals surface area (Å²) in [5.41, 5.74) is 0.612. The molecule has 0 unspecified atom stereocenters. The normalized spacial score (nSPS) is 14.8. The van der Waals surface area contributed by atoms with Crippen LogP contribution >= 0.6 is 0 Å². The maximum absolute atomic E-state index is 12.9. The van der Waals surface area contributed by atoms with Gasteiger partial charge >= 0.3 is 5.97 Å². The largest absolute Gasteiger partial charge is 0.482 e. The van der Waals surface area contributed by atoms with Gasteiger partial charge in [0.25, 0.3) is 5.91 Å². The molecule has 1 heterocycles. The quantitative estimate of drug-likeness (QED) is 0.448. The first-order chi connectivity index (χ1) is 15.8. The minimum atomic E-state index is -3.66. The van der Waals surface area contributed by atoms with Crippen LogP contribution in [0.3, 0.4) is 0 Å². The van der Waals surface area contributed by atoms with Crippen molar-refractivity contribution in [2.24, 2.45) is 0 Å². The van der Waals surface area contributed by atoms with Crippen molar-refractivity contribution in [2.75, 3.05) is 25.0 Å². The molecule has 9 nitrogen and oxygen atoms in total. The number of nitrogens with zero attached hydrogens (tertiary/aromatic N) is 2. The van der Waals surface area contributed by atoms with Crippen LogP contribution in [0.1, 0.15) is 24.8 Å². The maximum atomic E-state index is 12.9. The second kappa shape index (κ2) is 10.8. The maximum Gasteiger partial charge on any atom is 0.341 e. The average molecular weight is 470 g/mol. The third kappa shape index (κ3) is 6.41. The SMILES string of the molecule is N#C/C(=C/c1ccc(OCC(=O)O)cc1)C(=O)Nc1cccc(S(=O)(=O)N2CCCCC2)c1. The zero-order valence-electron chi connectivity index (χ0n) is 17.7. The van der Waals surface area contributed by atoms with Crippen LogP contribution in [0.5, 0.6) is 5.75 Å². The standard InChI is InChI=1S/C23H23N3O6S/c24-15-18(13-17-7-9-20(10-8-17)32-16-22(27)28)23(29)25-19-5-4-6-21(14-19)33(30,31)26-11-2-1-3-12-26/h4-10,13-14H,1-3,11-12,16H2,(H,25,29)(H,27,28)/b18-13-. The fraction of sp³-hybridized carbons (Fsp3) is 0.261. The summed E-state index contributed by atoms with van der Waals surface area (Å²) in [5, 5.41) is 20.6. The Kier molecular flexibility index (Phi) is 7.82. The van der Waals surface area contributed by atoms with Gasteiger partial charge in [-0.3, -0.25) is 4.79 Å². The molecule has 0 bridgehead atoms. The van der Waals surface area contributed by atoms with Gasteiger partial charge in [0, 0.05) is 18.8 Å². The van der Waals surface area contributed by atoms with E-state index in [2.05, 4.69) is 5.32 Å². The van der Waals surface area contributed by atoms with Crippen molar-refractivity contribution in [3.8, 4) is 11.8 Å². The van der Waals surface area contributed by atoms with E-state index in [0.717, 1.165) is 19.3 Å². The van der Waals surface area contributed by atoms with Crippen LogP contribution in [0.15, 0.2) is 59.0 Å².